The summed E-state index contributed by atoms with van der Waals surface area (Å²) < 4.78 is 13.5. The van der Waals surface area contributed by atoms with Gasteiger partial charge >= 0.3 is 5.88 Å². The van der Waals surface area contributed by atoms with Crippen molar-refractivity contribution in [2.24, 2.45) is 0 Å². The van der Waals surface area contributed by atoms with E-state index >= 15 is 0 Å². The molecule has 6 heteroatoms. The first kappa shape index (κ1) is 18.6. The zero-order chi connectivity index (χ0) is 21.5. The molecule has 0 N–H and O–H groups in total. The van der Waals surface area contributed by atoms with Crippen LogP contribution in [0.2, 0.25) is 0 Å². The van der Waals surface area contributed by atoms with Gasteiger partial charge in [0.25, 0.3) is 5.88 Å². The van der Waals surface area contributed by atoms with Crippen LogP contribution in [0, 0.1) is 6.92 Å². The zero-order valence-electron chi connectivity index (χ0n) is 17.5. The number of rotatable bonds is 4. The molecule has 0 fully saturated rings. The van der Waals surface area contributed by atoms with Crippen LogP contribution < -0.4 is 9.47 Å². The molecule has 5 aromatic rings. The molecule has 0 radical (unpaired) electrons. The predicted molar refractivity (Wildman–Crippen MR) is 122 cm³/mol. The largest absolute Gasteiger partial charge is 0.431 e. The molecule has 6 rings (SSSR count). The Morgan fingerprint density at radius 1 is 0.812 bits per heavy atom. The summed E-state index contributed by atoms with van der Waals surface area (Å²) in [7, 11) is 0. The van der Waals surface area contributed by atoms with Crippen molar-refractivity contribution < 1.29 is 9.47 Å². The molecule has 2 aromatic heterocycles. The van der Waals surface area contributed by atoms with Gasteiger partial charge in [-0.05, 0) is 42.7 Å². The molecule has 156 valence electrons. The van der Waals surface area contributed by atoms with Crippen LogP contribution in [0.4, 0.5) is 0 Å². The molecule has 32 heavy (non-hydrogen) atoms. The third kappa shape index (κ3) is 3.26. The Bertz CT molecular complexity index is 1440. The van der Waals surface area contributed by atoms with Crippen molar-refractivity contribution in [3.05, 3.63) is 90.1 Å². The van der Waals surface area contributed by atoms with Crippen LogP contribution in [0.15, 0.2) is 78.9 Å². The van der Waals surface area contributed by atoms with Crippen LogP contribution in [0.25, 0.3) is 22.0 Å². The van der Waals surface area contributed by atoms with E-state index in [2.05, 4.69) is 58.8 Å². The lowest BCUT2D eigenvalue weighted by Gasteiger charge is -2.17. The maximum absolute atomic E-state index is 5.97. The van der Waals surface area contributed by atoms with Gasteiger partial charge in [-0.25, -0.2) is 4.68 Å². The topological polar surface area (TPSA) is 62.1 Å². The Hall–Kier alpha value is -4.19. The fraction of sp³-hybridized carbons (Fsp3) is 0.115. The highest BCUT2D eigenvalue weighted by Crippen LogP contribution is 2.43. The van der Waals surface area contributed by atoms with Crippen molar-refractivity contribution in [2.45, 2.75) is 19.9 Å². The van der Waals surface area contributed by atoms with Gasteiger partial charge in [0.2, 0.25) is 0 Å². The molecule has 0 amide bonds. The molecule has 1 aliphatic rings. The third-order valence-corrected chi connectivity index (χ3v) is 5.66. The van der Waals surface area contributed by atoms with Crippen LogP contribution in [-0.2, 0) is 13.0 Å². The molecular formula is C26H20N4O2. The Morgan fingerprint density at radius 2 is 1.62 bits per heavy atom. The second-order valence-electron chi connectivity index (χ2n) is 7.85. The van der Waals surface area contributed by atoms with Crippen molar-refractivity contribution in [3.63, 3.8) is 0 Å². The molecule has 3 heterocycles. The van der Waals surface area contributed by atoms with E-state index in [1.807, 2.05) is 37.3 Å². The molecule has 6 nitrogen and oxygen atoms in total. The lowest BCUT2D eigenvalue weighted by molar-refractivity contribution is 0.329. The molecule has 3 aromatic carbocycles. The predicted octanol–water partition coefficient (Wildman–Crippen LogP) is 5.94. The number of benzene rings is 3. The Balaban J connectivity index is 1.21. The first-order valence-electron chi connectivity index (χ1n) is 10.6. The van der Waals surface area contributed by atoms with Crippen LogP contribution >= 0.6 is 0 Å². The maximum atomic E-state index is 5.97. The van der Waals surface area contributed by atoms with Crippen molar-refractivity contribution in [1.82, 2.24) is 20.0 Å². The monoisotopic (exact) mass is 420 g/mol. The summed E-state index contributed by atoms with van der Waals surface area (Å²) in [6.45, 7) is 2.66. The van der Waals surface area contributed by atoms with Crippen LogP contribution in [0.5, 0.6) is 23.3 Å². The first-order chi connectivity index (χ1) is 15.7. The molecule has 0 aliphatic carbocycles. The lowest BCUT2D eigenvalue weighted by Crippen LogP contribution is -2.07. The Morgan fingerprint density at radius 3 is 2.47 bits per heavy atom. The highest BCUT2D eigenvalue weighted by atomic mass is 16.6. The van der Waals surface area contributed by atoms with Gasteiger partial charge in [-0.3, -0.25) is 4.98 Å². The number of para-hydroxylation sites is 3. The van der Waals surface area contributed by atoms with Gasteiger partial charge < -0.3 is 9.47 Å². The smallest absolute Gasteiger partial charge is 0.304 e. The number of nitrogens with zero attached hydrogens (tertiary/aromatic N) is 4. The summed E-state index contributed by atoms with van der Waals surface area (Å²) >= 11 is 0. The zero-order valence-corrected chi connectivity index (χ0v) is 17.5. The Kier molecular flexibility index (Phi) is 4.35. The molecular weight excluding hydrogens is 400 g/mol. The molecule has 0 spiro atoms. The van der Waals surface area contributed by atoms with Gasteiger partial charge in [-0.15, -0.1) is 0 Å². The normalized spacial score (nSPS) is 12.0. The summed E-state index contributed by atoms with van der Waals surface area (Å²) in [4.78, 5) is 4.76. The van der Waals surface area contributed by atoms with Crippen molar-refractivity contribution in [1.29, 1.82) is 0 Å². The van der Waals surface area contributed by atoms with E-state index in [0.717, 1.165) is 34.1 Å². The van der Waals surface area contributed by atoms with E-state index in [0.29, 0.717) is 29.8 Å². The fourth-order valence-electron chi connectivity index (χ4n) is 3.99. The van der Waals surface area contributed by atoms with Crippen LogP contribution in [-0.4, -0.2) is 20.0 Å². The molecule has 1 aliphatic heterocycles. The van der Waals surface area contributed by atoms with E-state index in [1.54, 1.807) is 4.68 Å². The van der Waals surface area contributed by atoms with Crippen molar-refractivity contribution >= 4 is 10.9 Å². The van der Waals surface area contributed by atoms with Crippen LogP contribution in [0.3, 0.4) is 0 Å². The minimum absolute atomic E-state index is 0.401. The second kappa shape index (κ2) is 7.50. The Labute approximate surface area is 185 Å². The number of aryl methyl sites for hydroxylation is 3. The number of aromatic nitrogens is 4. The SMILES string of the molecule is Cc1ccc2cccc(-c3ccc(CCn4nnc5c4Oc4ccccc4O5)cc3)c2n1. The van der Waals surface area contributed by atoms with E-state index < -0.39 is 0 Å². The summed E-state index contributed by atoms with van der Waals surface area (Å²) in [6.07, 6.45) is 0.800. The molecule has 0 saturated heterocycles. The van der Waals surface area contributed by atoms with E-state index in [9.17, 15) is 0 Å². The minimum Gasteiger partial charge on any atom is -0.431 e. The summed E-state index contributed by atoms with van der Waals surface area (Å²) in [5.74, 6) is 2.27. The number of hydrogen-bond acceptors (Lipinski definition) is 5. The van der Waals surface area contributed by atoms with Gasteiger partial charge in [-0.1, -0.05) is 71.0 Å². The molecule has 0 bridgehead atoms. The standard InChI is InChI=1S/C26H20N4O2/c1-17-9-12-20-5-4-6-21(24(20)27-17)19-13-10-18(11-14-19)15-16-30-26-25(28-29-30)31-22-7-2-3-8-23(22)32-26/h2-14H,15-16H2,1H3. The maximum Gasteiger partial charge on any atom is 0.304 e. The first-order valence-corrected chi connectivity index (χ1v) is 10.6. The van der Waals surface area contributed by atoms with Crippen molar-refractivity contribution in [2.75, 3.05) is 0 Å². The number of fused-ring (bicyclic) bond motifs is 3. The molecule has 0 unspecified atom stereocenters. The summed E-state index contributed by atoms with van der Waals surface area (Å²) in [5, 5.41) is 9.48. The van der Waals surface area contributed by atoms with Gasteiger partial charge in [0, 0.05) is 16.6 Å². The molecule has 0 saturated carbocycles. The molecule has 0 atom stereocenters. The number of ether oxygens (including phenoxy) is 2. The van der Waals surface area contributed by atoms with Crippen LogP contribution in [0.1, 0.15) is 11.3 Å². The average Bonchev–Trinajstić information content (AvgIpc) is 3.23. The van der Waals surface area contributed by atoms with E-state index in [4.69, 9.17) is 14.5 Å². The highest BCUT2D eigenvalue weighted by Gasteiger charge is 2.24. The minimum atomic E-state index is 0.401. The van der Waals surface area contributed by atoms with E-state index in [-0.39, 0.29) is 0 Å². The quantitative estimate of drug-likeness (QED) is 0.353. The fourth-order valence-corrected chi connectivity index (χ4v) is 3.99. The van der Waals surface area contributed by atoms with E-state index in [1.165, 1.54) is 5.56 Å². The number of hydrogen-bond donors (Lipinski definition) is 0. The summed E-state index contributed by atoms with van der Waals surface area (Å²) in [6, 6.07) is 26.6. The van der Waals surface area contributed by atoms with Gasteiger partial charge in [0.15, 0.2) is 11.5 Å². The van der Waals surface area contributed by atoms with Crippen molar-refractivity contribution in [3.8, 4) is 34.4 Å². The lowest BCUT2D eigenvalue weighted by atomic mass is 10.00. The second-order valence-corrected chi connectivity index (χ2v) is 7.85. The van der Waals surface area contributed by atoms with Gasteiger partial charge in [0.1, 0.15) is 0 Å². The van der Waals surface area contributed by atoms with Gasteiger partial charge in [-0.2, -0.15) is 0 Å². The highest BCUT2D eigenvalue weighted by molar-refractivity contribution is 5.93. The number of pyridine rings is 1. The third-order valence-electron chi connectivity index (χ3n) is 5.66. The summed E-state index contributed by atoms with van der Waals surface area (Å²) in [5.41, 5.74) is 5.56. The average molecular weight is 420 g/mol. The van der Waals surface area contributed by atoms with Gasteiger partial charge in [0.05, 0.1) is 12.1 Å².